The molecule has 3 rings (SSSR count). The van der Waals surface area contributed by atoms with Crippen LogP contribution < -0.4 is 5.32 Å². The molecule has 1 atom stereocenters. The average molecular weight is 183 g/mol. The molecule has 0 amide bonds. The monoisotopic (exact) mass is 183 g/mol. The molecule has 0 radical (unpaired) electrons. The molecule has 1 saturated heterocycles. The van der Waals surface area contributed by atoms with Crippen LogP contribution in [0.2, 0.25) is 0 Å². The maximum Gasteiger partial charge on any atom is 0.0338 e. The third-order valence-corrected chi connectivity index (χ3v) is 3.02. The molecule has 2 aromatic carbocycles. The van der Waals surface area contributed by atoms with Gasteiger partial charge in [0.05, 0.1) is 0 Å². The highest BCUT2D eigenvalue weighted by molar-refractivity contribution is 5.86. The second-order valence-electron chi connectivity index (χ2n) is 3.86. The zero-order valence-electron chi connectivity index (χ0n) is 8.03. The van der Waals surface area contributed by atoms with Crippen molar-refractivity contribution in [1.82, 2.24) is 5.32 Å². The highest BCUT2D eigenvalue weighted by Crippen LogP contribution is 2.29. The molecule has 1 N–H and O–H groups in total. The van der Waals surface area contributed by atoms with E-state index in [9.17, 15) is 0 Å². The summed E-state index contributed by atoms with van der Waals surface area (Å²) in [5, 5.41) is 6.20. The minimum atomic E-state index is 0.584. The summed E-state index contributed by atoms with van der Waals surface area (Å²) >= 11 is 0. The van der Waals surface area contributed by atoms with E-state index in [2.05, 4.69) is 47.8 Å². The van der Waals surface area contributed by atoms with E-state index < -0.39 is 0 Å². The minimum Gasteiger partial charge on any atom is -0.310 e. The zero-order chi connectivity index (χ0) is 9.38. The Morgan fingerprint density at radius 3 is 2.57 bits per heavy atom. The molecule has 0 spiro atoms. The van der Waals surface area contributed by atoms with Crippen molar-refractivity contribution in [1.29, 1.82) is 0 Å². The molecule has 2 aromatic rings. The average Bonchev–Trinajstić information content (AvgIpc) is 2.16. The summed E-state index contributed by atoms with van der Waals surface area (Å²) in [5.74, 6) is 0. The molecule has 1 aliphatic rings. The van der Waals surface area contributed by atoms with Crippen molar-refractivity contribution in [3.63, 3.8) is 0 Å². The zero-order valence-corrected chi connectivity index (χ0v) is 8.03. The molecular formula is C13H13N. The van der Waals surface area contributed by atoms with Crippen LogP contribution in [-0.2, 0) is 0 Å². The van der Waals surface area contributed by atoms with Gasteiger partial charge in [0.25, 0.3) is 0 Å². The molecule has 1 heterocycles. The van der Waals surface area contributed by atoms with Gasteiger partial charge in [-0.1, -0.05) is 42.5 Å². The van der Waals surface area contributed by atoms with Gasteiger partial charge < -0.3 is 5.32 Å². The predicted molar refractivity (Wildman–Crippen MR) is 59.3 cm³/mol. The van der Waals surface area contributed by atoms with Gasteiger partial charge in [-0.05, 0) is 29.3 Å². The van der Waals surface area contributed by atoms with Crippen LogP contribution >= 0.6 is 0 Å². The van der Waals surface area contributed by atoms with E-state index in [-0.39, 0.29) is 0 Å². The number of hydrogen-bond donors (Lipinski definition) is 1. The molecular weight excluding hydrogens is 170 g/mol. The number of nitrogens with one attached hydrogen (secondary N) is 1. The Balaban J connectivity index is 2.22. The first-order valence-corrected chi connectivity index (χ1v) is 5.16. The Hall–Kier alpha value is -1.34. The van der Waals surface area contributed by atoms with Crippen LogP contribution in [0.25, 0.3) is 10.8 Å². The fourth-order valence-corrected chi connectivity index (χ4v) is 2.11. The quantitative estimate of drug-likeness (QED) is 0.716. The molecule has 1 aliphatic heterocycles. The largest absolute Gasteiger partial charge is 0.310 e. The maximum absolute atomic E-state index is 3.45. The summed E-state index contributed by atoms with van der Waals surface area (Å²) in [7, 11) is 0. The van der Waals surface area contributed by atoms with Crippen LogP contribution in [0.1, 0.15) is 18.0 Å². The highest BCUT2D eigenvalue weighted by atomic mass is 15.0. The topological polar surface area (TPSA) is 12.0 Å². The standard InChI is InChI=1S/C13H13N/c1-2-6-11-10(4-1)5-3-7-12(11)13-8-9-14-13/h1-7,13-14H,8-9H2. The van der Waals surface area contributed by atoms with E-state index in [1.54, 1.807) is 0 Å². The maximum atomic E-state index is 3.45. The van der Waals surface area contributed by atoms with Gasteiger partial charge >= 0.3 is 0 Å². The predicted octanol–water partition coefficient (Wildman–Crippen LogP) is 2.87. The van der Waals surface area contributed by atoms with Gasteiger partial charge in [0.15, 0.2) is 0 Å². The second-order valence-corrected chi connectivity index (χ2v) is 3.86. The molecule has 0 aromatic heterocycles. The number of fused-ring (bicyclic) bond motifs is 1. The molecule has 1 unspecified atom stereocenters. The van der Waals surface area contributed by atoms with Gasteiger partial charge in [-0.25, -0.2) is 0 Å². The molecule has 0 aliphatic carbocycles. The SMILES string of the molecule is c1ccc2c(C3CCN3)cccc2c1. The molecule has 70 valence electrons. The van der Waals surface area contributed by atoms with Crippen molar-refractivity contribution in [3.8, 4) is 0 Å². The molecule has 1 heteroatoms. The van der Waals surface area contributed by atoms with Gasteiger partial charge in [0.1, 0.15) is 0 Å². The molecule has 0 saturated carbocycles. The minimum absolute atomic E-state index is 0.584. The van der Waals surface area contributed by atoms with Crippen molar-refractivity contribution in [3.05, 3.63) is 48.0 Å². The third kappa shape index (κ3) is 1.13. The summed E-state index contributed by atoms with van der Waals surface area (Å²) < 4.78 is 0. The fraction of sp³-hybridized carbons (Fsp3) is 0.231. The van der Waals surface area contributed by atoms with Crippen molar-refractivity contribution in [2.45, 2.75) is 12.5 Å². The first-order valence-electron chi connectivity index (χ1n) is 5.16. The van der Waals surface area contributed by atoms with Crippen LogP contribution in [0.5, 0.6) is 0 Å². The van der Waals surface area contributed by atoms with Crippen LogP contribution in [0.3, 0.4) is 0 Å². The van der Waals surface area contributed by atoms with Gasteiger partial charge in [-0.3, -0.25) is 0 Å². The summed E-state index contributed by atoms with van der Waals surface area (Å²) in [5.41, 5.74) is 1.45. The van der Waals surface area contributed by atoms with Crippen LogP contribution in [0.15, 0.2) is 42.5 Å². The lowest BCUT2D eigenvalue weighted by atomic mass is 9.93. The summed E-state index contributed by atoms with van der Waals surface area (Å²) in [4.78, 5) is 0. The van der Waals surface area contributed by atoms with E-state index >= 15 is 0 Å². The van der Waals surface area contributed by atoms with Gasteiger partial charge in [-0.2, -0.15) is 0 Å². The van der Waals surface area contributed by atoms with E-state index in [4.69, 9.17) is 0 Å². The van der Waals surface area contributed by atoms with Crippen molar-refractivity contribution < 1.29 is 0 Å². The molecule has 1 fully saturated rings. The number of rotatable bonds is 1. The lowest BCUT2D eigenvalue weighted by Crippen LogP contribution is -2.34. The van der Waals surface area contributed by atoms with Gasteiger partial charge in [0, 0.05) is 6.04 Å². The Morgan fingerprint density at radius 2 is 1.79 bits per heavy atom. The highest BCUT2D eigenvalue weighted by Gasteiger charge is 2.19. The molecule has 0 bridgehead atoms. The van der Waals surface area contributed by atoms with Crippen LogP contribution in [0, 0.1) is 0 Å². The molecule has 14 heavy (non-hydrogen) atoms. The normalized spacial score (nSPS) is 20.7. The lowest BCUT2D eigenvalue weighted by molar-refractivity contribution is 0.385. The summed E-state index contributed by atoms with van der Waals surface area (Å²) in [6.45, 7) is 1.16. The Labute approximate surface area is 83.8 Å². The lowest BCUT2D eigenvalue weighted by Gasteiger charge is -2.29. The Kier molecular flexibility index (Phi) is 1.78. The second kappa shape index (κ2) is 3.10. The fourth-order valence-electron chi connectivity index (χ4n) is 2.11. The van der Waals surface area contributed by atoms with Crippen molar-refractivity contribution in [2.24, 2.45) is 0 Å². The smallest absolute Gasteiger partial charge is 0.0338 e. The van der Waals surface area contributed by atoms with E-state index in [0.29, 0.717) is 6.04 Å². The first kappa shape index (κ1) is 8.01. The third-order valence-electron chi connectivity index (χ3n) is 3.02. The Bertz CT molecular complexity index is 452. The van der Waals surface area contributed by atoms with Crippen molar-refractivity contribution >= 4 is 10.8 Å². The van der Waals surface area contributed by atoms with Gasteiger partial charge in [0.2, 0.25) is 0 Å². The van der Waals surface area contributed by atoms with E-state index in [1.807, 2.05) is 0 Å². The van der Waals surface area contributed by atoms with Crippen LogP contribution in [-0.4, -0.2) is 6.54 Å². The van der Waals surface area contributed by atoms with E-state index in [1.165, 1.54) is 22.8 Å². The summed E-state index contributed by atoms with van der Waals surface area (Å²) in [6, 6.07) is 15.8. The summed E-state index contributed by atoms with van der Waals surface area (Å²) in [6.07, 6.45) is 1.27. The van der Waals surface area contributed by atoms with Gasteiger partial charge in [-0.15, -0.1) is 0 Å². The first-order chi connectivity index (χ1) is 6.95. The van der Waals surface area contributed by atoms with E-state index in [0.717, 1.165) is 6.54 Å². The number of hydrogen-bond acceptors (Lipinski definition) is 1. The van der Waals surface area contributed by atoms with Crippen LogP contribution in [0.4, 0.5) is 0 Å². The Morgan fingerprint density at radius 1 is 1.00 bits per heavy atom. The number of benzene rings is 2. The van der Waals surface area contributed by atoms with Crippen molar-refractivity contribution in [2.75, 3.05) is 6.54 Å². The molecule has 1 nitrogen and oxygen atoms in total.